The second-order valence-corrected chi connectivity index (χ2v) is 6.15. The van der Waals surface area contributed by atoms with Gasteiger partial charge in [0, 0.05) is 11.4 Å². The van der Waals surface area contributed by atoms with Crippen molar-refractivity contribution in [1.29, 1.82) is 0 Å². The van der Waals surface area contributed by atoms with E-state index in [4.69, 9.17) is 5.11 Å². The van der Waals surface area contributed by atoms with Crippen molar-refractivity contribution in [2.24, 2.45) is 0 Å². The molecule has 1 aromatic carbocycles. The molecule has 0 bridgehead atoms. The molecule has 0 fully saturated rings. The van der Waals surface area contributed by atoms with Gasteiger partial charge in [0.05, 0.1) is 21.9 Å². The molecule has 0 saturated carbocycles. The van der Waals surface area contributed by atoms with Crippen molar-refractivity contribution in [3.63, 3.8) is 0 Å². The Morgan fingerprint density at radius 3 is 2.95 bits per heavy atom. The van der Waals surface area contributed by atoms with Crippen LogP contribution in [0.3, 0.4) is 0 Å². The lowest BCUT2D eigenvalue weighted by atomic mass is 10.2. The summed E-state index contributed by atoms with van der Waals surface area (Å²) < 4.78 is 0.591. The Labute approximate surface area is 122 Å². The number of carboxylic acid groups (broad SMARTS) is 1. The third-order valence-electron chi connectivity index (χ3n) is 2.37. The Bertz CT molecular complexity index is 669. The van der Waals surface area contributed by atoms with Crippen LogP contribution < -0.4 is 0 Å². The van der Waals surface area contributed by atoms with Gasteiger partial charge in [-0.25, -0.2) is 4.98 Å². The number of aryl methyl sites for hydroxylation is 1. The normalized spacial score (nSPS) is 10.4. The van der Waals surface area contributed by atoms with Crippen LogP contribution in [0, 0.1) is 17.0 Å². The average molecular weight is 310 g/mol. The quantitative estimate of drug-likeness (QED) is 0.673. The van der Waals surface area contributed by atoms with Crippen molar-refractivity contribution >= 4 is 34.8 Å². The van der Waals surface area contributed by atoms with Gasteiger partial charge in [-0.3, -0.25) is 14.9 Å². The van der Waals surface area contributed by atoms with Crippen molar-refractivity contribution in [3.05, 3.63) is 45.0 Å². The molecule has 0 aliphatic rings. The predicted molar refractivity (Wildman–Crippen MR) is 75.4 cm³/mol. The maximum Gasteiger partial charge on any atom is 0.309 e. The van der Waals surface area contributed by atoms with E-state index in [1.165, 1.54) is 29.2 Å². The van der Waals surface area contributed by atoms with Crippen LogP contribution in [0.15, 0.2) is 32.8 Å². The summed E-state index contributed by atoms with van der Waals surface area (Å²) >= 11 is 2.45. The molecule has 0 radical (unpaired) electrons. The summed E-state index contributed by atoms with van der Waals surface area (Å²) in [6, 6.07) is 4.98. The number of nitro benzene ring substituents is 1. The molecular formula is C12H10N2O4S2. The van der Waals surface area contributed by atoms with Gasteiger partial charge in [-0.05, 0) is 18.6 Å². The first-order valence-corrected chi connectivity index (χ1v) is 7.24. The summed E-state index contributed by atoms with van der Waals surface area (Å²) in [5.41, 5.74) is 1.30. The number of nitro groups is 1. The molecule has 2 aromatic rings. The average Bonchev–Trinajstić information content (AvgIpc) is 2.77. The van der Waals surface area contributed by atoms with Crippen molar-refractivity contribution < 1.29 is 14.8 Å². The van der Waals surface area contributed by atoms with Crippen LogP contribution in [0.25, 0.3) is 0 Å². The number of hydrogen-bond donors (Lipinski definition) is 1. The monoisotopic (exact) mass is 310 g/mol. The minimum atomic E-state index is -0.951. The highest BCUT2D eigenvalue weighted by Crippen LogP contribution is 2.36. The minimum absolute atomic E-state index is 0.0324. The number of aromatic nitrogens is 1. The summed E-state index contributed by atoms with van der Waals surface area (Å²) in [5, 5.41) is 21.3. The van der Waals surface area contributed by atoms with Crippen LogP contribution in [0.4, 0.5) is 5.69 Å². The standard InChI is InChI=1S/C12H10N2O4S2/c1-7-2-3-10(9(4-7)14(17)18)20-12-13-8(6-19-12)5-11(15)16/h2-4,6H,5H2,1H3,(H,15,16). The molecule has 6 nitrogen and oxygen atoms in total. The SMILES string of the molecule is Cc1ccc(Sc2nc(CC(=O)O)cs2)c([N+](=O)[O-])c1. The topological polar surface area (TPSA) is 93.3 Å². The van der Waals surface area contributed by atoms with Gasteiger partial charge in [0.2, 0.25) is 0 Å². The molecule has 20 heavy (non-hydrogen) atoms. The van der Waals surface area contributed by atoms with E-state index in [0.29, 0.717) is 14.9 Å². The van der Waals surface area contributed by atoms with Crippen molar-refractivity contribution in [1.82, 2.24) is 4.98 Å². The molecule has 1 N–H and O–H groups in total. The molecule has 0 saturated heterocycles. The van der Waals surface area contributed by atoms with Gasteiger partial charge < -0.3 is 5.11 Å². The molecule has 0 amide bonds. The number of thiazole rings is 1. The lowest BCUT2D eigenvalue weighted by Gasteiger charge is -2.01. The Morgan fingerprint density at radius 2 is 2.30 bits per heavy atom. The van der Waals surface area contributed by atoms with E-state index in [-0.39, 0.29) is 12.1 Å². The third kappa shape index (κ3) is 3.55. The molecular weight excluding hydrogens is 300 g/mol. The van der Waals surface area contributed by atoms with E-state index in [1.807, 2.05) is 0 Å². The molecule has 2 rings (SSSR count). The van der Waals surface area contributed by atoms with E-state index >= 15 is 0 Å². The molecule has 0 spiro atoms. The Balaban J connectivity index is 2.23. The van der Waals surface area contributed by atoms with Crippen LogP contribution in [-0.2, 0) is 11.2 Å². The first-order valence-electron chi connectivity index (χ1n) is 5.55. The first kappa shape index (κ1) is 14.5. The summed E-state index contributed by atoms with van der Waals surface area (Å²) in [7, 11) is 0. The zero-order valence-electron chi connectivity index (χ0n) is 10.4. The van der Waals surface area contributed by atoms with Gasteiger partial charge in [0.1, 0.15) is 0 Å². The summed E-state index contributed by atoms with van der Waals surface area (Å²) in [6.45, 7) is 1.79. The van der Waals surface area contributed by atoms with Gasteiger partial charge in [-0.1, -0.05) is 17.8 Å². The van der Waals surface area contributed by atoms with Crippen LogP contribution in [0.2, 0.25) is 0 Å². The number of carboxylic acids is 1. The van der Waals surface area contributed by atoms with E-state index < -0.39 is 10.9 Å². The zero-order valence-corrected chi connectivity index (χ0v) is 12.0. The van der Waals surface area contributed by atoms with Gasteiger partial charge in [-0.2, -0.15) is 0 Å². The molecule has 1 aromatic heterocycles. The molecule has 0 unspecified atom stereocenters. The van der Waals surface area contributed by atoms with E-state index in [1.54, 1.807) is 24.4 Å². The summed E-state index contributed by atoms with van der Waals surface area (Å²) in [4.78, 5) is 25.8. The summed E-state index contributed by atoms with van der Waals surface area (Å²) in [6.07, 6.45) is -0.146. The fourth-order valence-corrected chi connectivity index (χ4v) is 3.40. The predicted octanol–water partition coefficient (Wildman–Crippen LogP) is 3.14. The number of aliphatic carboxylic acids is 1. The van der Waals surface area contributed by atoms with E-state index in [2.05, 4.69) is 4.98 Å². The Kier molecular flexibility index (Phi) is 4.35. The lowest BCUT2D eigenvalue weighted by molar-refractivity contribution is -0.387. The Morgan fingerprint density at radius 1 is 1.55 bits per heavy atom. The number of nitrogens with zero attached hydrogens (tertiary/aromatic N) is 2. The number of hydrogen-bond acceptors (Lipinski definition) is 6. The first-order chi connectivity index (χ1) is 9.45. The zero-order chi connectivity index (χ0) is 14.7. The highest BCUT2D eigenvalue weighted by molar-refractivity contribution is 8.01. The fraction of sp³-hybridized carbons (Fsp3) is 0.167. The molecule has 0 atom stereocenters. The van der Waals surface area contributed by atoms with E-state index in [0.717, 1.165) is 5.56 Å². The number of rotatable bonds is 5. The number of benzene rings is 1. The molecule has 0 aliphatic heterocycles. The molecule has 1 heterocycles. The highest BCUT2D eigenvalue weighted by atomic mass is 32.2. The van der Waals surface area contributed by atoms with Crippen molar-refractivity contribution in [2.75, 3.05) is 0 Å². The smallest absolute Gasteiger partial charge is 0.309 e. The molecule has 104 valence electrons. The largest absolute Gasteiger partial charge is 0.481 e. The third-order valence-corrected chi connectivity index (χ3v) is 4.42. The van der Waals surface area contributed by atoms with Crippen molar-refractivity contribution in [3.8, 4) is 0 Å². The van der Waals surface area contributed by atoms with Crippen LogP contribution in [0.5, 0.6) is 0 Å². The van der Waals surface area contributed by atoms with Crippen molar-refractivity contribution in [2.45, 2.75) is 22.6 Å². The van der Waals surface area contributed by atoms with Gasteiger partial charge in [-0.15, -0.1) is 11.3 Å². The fourth-order valence-electron chi connectivity index (χ4n) is 1.52. The van der Waals surface area contributed by atoms with Crippen LogP contribution >= 0.6 is 23.1 Å². The summed E-state index contributed by atoms with van der Waals surface area (Å²) in [5.74, 6) is -0.951. The van der Waals surface area contributed by atoms with E-state index in [9.17, 15) is 14.9 Å². The molecule has 8 heteroatoms. The van der Waals surface area contributed by atoms with Gasteiger partial charge in [0.15, 0.2) is 4.34 Å². The molecule has 0 aliphatic carbocycles. The second-order valence-electron chi connectivity index (χ2n) is 4.01. The highest BCUT2D eigenvalue weighted by Gasteiger charge is 2.16. The lowest BCUT2D eigenvalue weighted by Crippen LogP contribution is -1.99. The minimum Gasteiger partial charge on any atom is -0.481 e. The van der Waals surface area contributed by atoms with Gasteiger partial charge in [0.25, 0.3) is 5.69 Å². The second kappa shape index (κ2) is 6.02. The maximum absolute atomic E-state index is 11.0. The Hall–Kier alpha value is -1.93. The van der Waals surface area contributed by atoms with Crippen LogP contribution in [0.1, 0.15) is 11.3 Å². The van der Waals surface area contributed by atoms with Crippen LogP contribution in [-0.4, -0.2) is 21.0 Å². The maximum atomic E-state index is 11.0. The van der Waals surface area contributed by atoms with Gasteiger partial charge >= 0.3 is 5.97 Å². The number of carbonyl (C=O) groups is 1.